The van der Waals surface area contributed by atoms with E-state index in [0.29, 0.717) is 4.80 Å². The highest BCUT2D eigenvalue weighted by molar-refractivity contribution is 9.10. The number of thioether (sulfide) groups is 1. The zero-order chi connectivity index (χ0) is 20.1. The number of benzene rings is 1. The van der Waals surface area contributed by atoms with Crippen molar-refractivity contribution in [2.45, 2.75) is 19.4 Å². The van der Waals surface area contributed by atoms with Crippen LogP contribution >= 0.6 is 39.0 Å². The van der Waals surface area contributed by atoms with Crippen molar-refractivity contribution in [2.75, 3.05) is 31.7 Å². The van der Waals surface area contributed by atoms with Crippen molar-refractivity contribution < 1.29 is 19.1 Å². The molecule has 0 unspecified atom stereocenters. The Morgan fingerprint density at radius 2 is 2.00 bits per heavy atom. The van der Waals surface area contributed by atoms with E-state index >= 15 is 0 Å². The van der Waals surface area contributed by atoms with E-state index in [0.717, 1.165) is 40.6 Å². The lowest BCUT2D eigenvalue weighted by Gasteiger charge is -2.14. The summed E-state index contributed by atoms with van der Waals surface area (Å²) in [5.41, 5.74) is 0.807. The molecule has 0 N–H and O–H groups in total. The van der Waals surface area contributed by atoms with E-state index in [9.17, 15) is 14.4 Å². The van der Waals surface area contributed by atoms with Gasteiger partial charge in [0.2, 0.25) is 5.91 Å². The second kappa shape index (κ2) is 9.71. The summed E-state index contributed by atoms with van der Waals surface area (Å²) in [5.74, 6) is -0.272. The maximum atomic E-state index is 12.3. The molecule has 1 aromatic heterocycles. The number of ether oxygens (including phenoxy) is 1. The summed E-state index contributed by atoms with van der Waals surface area (Å²) >= 11 is 6.03. The SMILES string of the molecule is COC(=O)Cn1c(=NC(=O)CSCC(=O)N2CCCC2)sc2cc(Br)ccc21. The fourth-order valence-corrected chi connectivity index (χ4v) is 5.20. The smallest absolute Gasteiger partial charge is 0.325 e. The van der Waals surface area contributed by atoms with Crippen molar-refractivity contribution in [2.24, 2.45) is 4.99 Å². The van der Waals surface area contributed by atoms with Gasteiger partial charge >= 0.3 is 5.97 Å². The maximum Gasteiger partial charge on any atom is 0.325 e. The summed E-state index contributed by atoms with van der Waals surface area (Å²) in [4.78, 5) is 42.6. The fourth-order valence-electron chi connectivity index (χ4n) is 2.90. The van der Waals surface area contributed by atoms with E-state index in [-0.39, 0.29) is 29.9 Å². The highest BCUT2D eigenvalue weighted by atomic mass is 79.9. The van der Waals surface area contributed by atoms with Crippen molar-refractivity contribution in [3.63, 3.8) is 0 Å². The van der Waals surface area contributed by atoms with Crippen LogP contribution in [0.2, 0.25) is 0 Å². The average molecular weight is 486 g/mol. The number of rotatable bonds is 6. The first-order chi connectivity index (χ1) is 13.5. The van der Waals surface area contributed by atoms with E-state index in [2.05, 4.69) is 20.9 Å². The number of amides is 2. The van der Waals surface area contributed by atoms with Crippen molar-refractivity contribution in [3.8, 4) is 0 Å². The van der Waals surface area contributed by atoms with Crippen LogP contribution in [0.3, 0.4) is 0 Å². The summed E-state index contributed by atoms with van der Waals surface area (Å²) in [7, 11) is 1.32. The highest BCUT2D eigenvalue weighted by Gasteiger charge is 2.18. The molecule has 2 amide bonds. The minimum absolute atomic E-state index is 0.0230. The van der Waals surface area contributed by atoms with Crippen LogP contribution in [-0.2, 0) is 25.7 Å². The quantitative estimate of drug-likeness (QED) is 0.586. The Labute approximate surface area is 178 Å². The first kappa shape index (κ1) is 21.1. The first-order valence-electron chi connectivity index (χ1n) is 8.76. The molecular weight excluding hydrogens is 466 g/mol. The van der Waals surface area contributed by atoms with Crippen molar-refractivity contribution in [1.82, 2.24) is 9.47 Å². The van der Waals surface area contributed by atoms with E-state index in [4.69, 9.17) is 4.74 Å². The van der Waals surface area contributed by atoms with E-state index in [1.165, 1.54) is 30.2 Å². The molecule has 1 saturated heterocycles. The van der Waals surface area contributed by atoms with Gasteiger partial charge in [-0.05, 0) is 31.0 Å². The van der Waals surface area contributed by atoms with Crippen LogP contribution < -0.4 is 4.80 Å². The number of nitrogens with zero attached hydrogens (tertiary/aromatic N) is 3. The van der Waals surface area contributed by atoms with Crippen LogP contribution in [0.5, 0.6) is 0 Å². The van der Waals surface area contributed by atoms with Crippen LogP contribution in [0.15, 0.2) is 27.7 Å². The third-order valence-electron chi connectivity index (χ3n) is 4.29. The molecule has 10 heteroatoms. The van der Waals surface area contributed by atoms with Gasteiger partial charge in [-0.25, -0.2) is 0 Å². The number of esters is 1. The molecule has 28 heavy (non-hydrogen) atoms. The lowest BCUT2D eigenvalue weighted by atomic mass is 10.3. The normalized spacial score (nSPS) is 14.6. The Bertz CT molecular complexity index is 963. The molecule has 0 atom stereocenters. The standard InChI is InChI=1S/C18H20BrN3O4S2/c1-26-17(25)9-22-13-5-4-12(19)8-14(13)28-18(22)20-15(23)10-27-11-16(24)21-6-2-3-7-21/h4-5,8H,2-3,6-7,9-11H2,1H3. The maximum absolute atomic E-state index is 12.3. The zero-order valence-electron chi connectivity index (χ0n) is 15.4. The van der Waals surface area contributed by atoms with Gasteiger partial charge in [0.05, 0.1) is 28.8 Å². The zero-order valence-corrected chi connectivity index (χ0v) is 18.6. The van der Waals surface area contributed by atoms with Crippen molar-refractivity contribution in [3.05, 3.63) is 27.5 Å². The number of carbonyl (C=O) groups is 3. The summed E-state index contributed by atoms with van der Waals surface area (Å²) in [6.45, 7) is 1.59. The van der Waals surface area contributed by atoms with Gasteiger partial charge in [-0.1, -0.05) is 27.3 Å². The van der Waals surface area contributed by atoms with Crippen LogP contribution in [0.4, 0.5) is 0 Å². The Kier molecular flexibility index (Phi) is 7.30. The second-order valence-electron chi connectivity index (χ2n) is 6.25. The molecule has 1 aliphatic rings. The van der Waals surface area contributed by atoms with Crippen molar-refractivity contribution >= 4 is 67.0 Å². The van der Waals surface area contributed by atoms with Crippen LogP contribution in [-0.4, -0.2) is 59.0 Å². The number of carbonyl (C=O) groups excluding carboxylic acids is 3. The third-order valence-corrected chi connectivity index (χ3v) is 6.73. The minimum atomic E-state index is -0.415. The summed E-state index contributed by atoms with van der Waals surface area (Å²) < 4.78 is 8.24. The molecule has 0 aliphatic carbocycles. The van der Waals surface area contributed by atoms with Gasteiger partial charge in [-0.15, -0.1) is 11.8 Å². The van der Waals surface area contributed by atoms with Gasteiger partial charge in [0.25, 0.3) is 5.91 Å². The Morgan fingerprint density at radius 3 is 2.71 bits per heavy atom. The molecule has 2 aromatic rings. The third kappa shape index (κ3) is 5.24. The number of likely N-dealkylation sites (tertiary alicyclic amines) is 1. The Balaban J connectivity index is 1.73. The van der Waals surface area contributed by atoms with Crippen molar-refractivity contribution in [1.29, 1.82) is 0 Å². The lowest BCUT2D eigenvalue weighted by Crippen LogP contribution is -2.29. The fraction of sp³-hybridized carbons (Fsp3) is 0.444. The van der Waals surface area contributed by atoms with E-state index < -0.39 is 5.97 Å². The average Bonchev–Trinajstić information content (AvgIpc) is 3.30. The highest BCUT2D eigenvalue weighted by Crippen LogP contribution is 2.22. The van der Waals surface area contributed by atoms with E-state index in [1.807, 2.05) is 23.1 Å². The minimum Gasteiger partial charge on any atom is -0.468 e. The second-order valence-corrected chi connectivity index (χ2v) is 9.16. The predicted molar refractivity (Wildman–Crippen MR) is 113 cm³/mol. The Morgan fingerprint density at radius 1 is 1.25 bits per heavy atom. The van der Waals surface area contributed by atoms with Crippen LogP contribution in [0, 0.1) is 0 Å². The molecule has 7 nitrogen and oxygen atoms in total. The molecule has 150 valence electrons. The Hall–Kier alpha value is -1.65. The molecule has 0 bridgehead atoms. The first-order valence-corrected chi connectivity index (χ1v) is 11.5. The molecule has 1 fully saturated rings. The number of methoxy groups -OCH3 is 1. The van der Waals surface area contributed by atoms with Gasteiger partial charge in [0.15, 0.2) is 4.80 Å². The number of fused-ring (bicyclic) bond motifs is 1. The number of halogens is 1. The lowest BCUT2D eigenvalue weighted by molar-refractivity contribution is -0.141. The molecule has 0 spiro atoms. The monoisotopic (exact) mass is 485 g/mol. The molecule has 0 saturated carbocycles. The molecule has 1 aliphatic heterocycles. The van der Waals surface area contributed by atoms with Gasteiger partial charge in [-0.2, -0.15) is 4.99 Å². The number of hydrogen-bond acceptors (Lipinski definition) is 6. The van der Waals surface area contributed by atoms with Gasteiger partial charge in [0, 0.05) is 17.6 Å². The summed E-state index contributed by atoms with van der Waals surface area (Å²) in [6, 6.07) is 5.65. The van der Waals surface area contributed by atoms with Gasteiger partial charge in [-0.3, -0.25) is 14.4 Å². The molecule has 0 radical (unpaired) electrons. The molecular formula is C18H20BrN3O4S2. The molecule has 2 heterocycles. The number of thiazole rings is 1. The molecule has 1 aromatic carbocycles. The van der Waals surface area contributed by atoms with E-state index in [1.54, 1.807) is 4.57 Å². The summed E-state index contributed by atoms with van der Waals surface area (Å²) in [6.07, 6.45) is 2.10. The number of hydrogen-bond donors (Lipinski definition) is 0. The molecule has 3 rings (SSSR count). The topological polar surface area (TPSA) is 81.0 Å². The summed E-state index contributed by atoms with van der Waals surface area (Å²) in [5, 5.41) is 0. The number of aromatic nitrogens is 1. The predicted octanol–water partition coefficient (Wildman–Crippen LogP) is 2.42. The van der Waals surface area contributed by atoms with Gasteiger partial charge < -0.3 is 14.2 Å². The van der Waals surface area contributed by atoms with Gasteiger partial charge in [0.1, 0.15) is 6.54 Å². The van der Waals surface area contributed by atoms with Crippen LogP contribution in [0.1, 0.15) is 12.8 Å². The van der Waals surface area contributed by atoms with Crippen LogP contribution in [0.25, 0.3) is 10.2 Å². The largest absolute Gasteiger partial charge is 0.468 e.